The first-order valence-corrected chi connectivity index (χ1v) is 12.5. The first-order valence-electron chi connectivity index (χ1n) is 12.5. The van der Waals surface area contributed by atoms with E-state index in [1.54, 1.807) is 30.1 Å². The number of hydrogen-bond acceptors (Lipinski definition) is 5. The van der Waals surface area contributed by atoms with Crippen LogP contribution in [0.1, 0.15) is 55.2 Å². The number of aryl methyl sites for hydroxylation is 1. The van der Waals surface area contributed by atoms with Crippen LogP contribution in [0.5, 0.6) is 0 Å². The molecule has 2 aromatic carbocycles. The Morgan fingerprint density at radius 2 is 1.89 bits per heavy atom. The van der Waals surface area contributed by atoms with Crippen LogP contribution < -0.4 is 21.3 Å². The van der Waals surface area contributed by atoms with Gasteiger partial charge in [-0.1, -0.05) is 43.5 Å². The maximum absolute atomic E-state index is 13.3. The lowest BCUT2D eigenvalue weighted by Crippen LogP contribution is -2.47. The molecule has 1 aliphatic heterocycles. The molecular weight excluding hydrogens is 458 g/mol. The molecule has 9 heteroatoms. The molecule has 2 aromatic rings. The highest BCUT2D eigenvalue weighted by molar-refractivity contribution is 6.14. The van der Waals surface area contributed by atoms with Gasteiger partial charge in [0.05, 0.1) is 11.4 Å². The molecule has 3 amide bonds. The predicted molar refractivity (Wildman–Crippen MR) is 137 cm³/mol. The highest BCUT2D eigenvalue weighted by Gasteiger charge is 2.42. The van der Waals surface area contributed by atoms with E-state index in [-0.39, 0.29) is 11.8 Å². The van der Waals surface area contributed by atoms with Gasteiger partial charge in [-0.3, -0.25) is 9.79 Å². The Morgan fingerprint density at radius 3 is 2.64 bits per heavy atom. The number of anilines is 2. The molecule has 2 unspecified atom stereocenters. The third-order valence-electron chi connectivity index (χ3n) is 7.65. The number of rotatable bonds is 4. The van der Waals surface area contributed by atoms with Crippen molar-refractivity contribution in [2.75, 3.05) is 17.3 Å². The molecule has 1 saturated carbocycles. The maximum atomic E-state index is 13.3. The summed E-state index contributed by atoms with van der Waals surface area (Å²) in [6.45, 7) is 0. The standard InChI is InChI=1S/C27H31N5O4/c1-32-21-10-6-5-9-19(21)22(17-7-3-2-4-8-17)30-23(24(32)33)31-26(36)29-18-12-11-16-13-14-27(28,25(34)35)20(16)15-18/h5-6,9-12,15,17,23H,2-4,7-8,13-14,28H2,1H3,(H,34,35)(H2,29,31,36). The zero-order chi connectivity index (χ0) is 25.4. The molecular formula is C27H31N5O4. The third-order valence-corrected chi connectivity index (χ3v) is 7.65. The zero-order valence-corrected chi connectivity index (χ0v) is 20.3. The number of aliphatic imine (C=N–C) groups is 1. The van der Waals surface area contributed by atoms with Crippen molar-refractivity contribution in [2.24, 2.45) is 16.6 Å². The summed E-state index contributed by atoms with van der Waals surface area (Å²) in [5, 5.41) is 15.1. The van der Waals surface area contributed by atoms with Gasteiger partial charge in [0.1, 0.15) is 5.54 Å². The van der Waals surface area contributed by atoms with Gasteiger partial charge >= 0.3 is 12.0 Å². The lowest BCUT2D eigenvalue weighted by Gasteiger charge is -2.25. The monoisotopic (exact) mass is 489 g/mol. The summed E-state index contributed by atoms with van der Waals surface area (Å²) < 4.78 is 0. The summed E-state index contributed by atoms with van der Waals surface area (Å²) in [6, 6.07) is 12.2. The highest BCUT2D eigenvalue weighted by atomic mass is 16.4. The lowest BCUT2D eigenvalue weighted by atomic mass is 9.83. The van der Waals surface area contributed by atoms with Crippen molar-refractivity contribution in [1.29, 1.82) is 0 Å². The highest BCUT2D eigenvalue weighted by Crippen LogP contribution is 2.37. The van der Waals surface area contributed by atoms with E-state index in [1.165, 1.54) is 6.42 Å². The molecule has 5 N–H and O–H groups in total. The Kier molecular flexibility index (Phi) is 6.26. The SMILES string of the molecule is CN1C(=O)C(NC(=O)Nc2ccc3c(c2)C(N)(C(=O)O)CC3)N=C(C2CCCCC2)c2ccccc21. The quantitative estimate of drug-likeness (QED) is 0.522. The van der Waals surface area contributed by atoms with E-state index < -0.39 is 23.7 Å². The fourth-order valence-corrected chi connectivity index (χ4v) is 5.61. The second kappa shape index (κ2) is 9.39. The second-order valence-electron chi connectivity index (χ2n) is 9.91. The molecule has 36 heavy (non-hydrogen) atoms. The molecule has 0 aromatic heterocycles. The van der Waals surface area contributed by atoms with Crippen LogP contribution in [-0.4, -0.2) is 41.9 Å². The van der Waals surface area contributed by atoms with Crippen LogP contribution in [-0.2, 0) is 21.5 Å². The van der Waals surface area contributed by atoms with Gasteiger partial charge in [0, 0.05) is 24.2 Å². The van der Waals surface area contributed by atoms with Crippen LogP contribution in [0, 0.1) is 5.92 Å². The average molecular weight is 490 g/mol. The maximum Gasteiger partial charge on any atom is 0.328 e. The Labute approximate surface area is 209 Å². The topological polar surface area (TPSA) is 137 Å². The number of nitrogens with one attached hydrogen (secondary N) is 2. The normalized spacial score (nSPS) is 23.8. The van der Waals surface area contributed by atoms with Gasteiger partial charge in [-0.2, -0.15) is 0 Å². The number of amides is 3. The van der Waals surface area contributed by atoms with Crippen molar-refractivity contribution < 1.29 is 19.5 Å². The van der Waals surface area contributed by atoms with Gasteiger partial charge in [-0.25, -0.2) is 9.59 Å². The zero-order valence-electron chi connectivity index (χ0n) is 20.3. The summed E-state index contributed by atoms with van der Waals surface area (Å²) in [5.74, 6) is -1.19. The fraction of sp³-hybridized carbons (Fsp3) is 0.407. The number of para-hydroxylation sites is 1. The Hall–Kier alpha value is -3.72. The first-order chi connectivity index (χ1) is 17.3. The number of urea groups is 1. The first kappa shape index (κ1) is 24.0. The van der Waals surface area contributed by atoms with Crippen LogP contribution >= 0.6 is 0 Å². The van der Waals surface area contributed by atoms with Gasteiger partial charge in [0.2, 0.25) is 6.17 Å². The number of likely N-dealkylation sites (N-methyl/N-ethyl adjacent to an activating group) is 1. The van der Waals surface area contributed by atoms with Crippen molar-refractivity contribution >= 4 is 35.0 Å². The van der Waals surface area contributed by atoms with Crippen molar-refractivity contribution in [2.45, 2.75) is 56.7 Å². The number of carboxylic acid groups (broad SMARTS) is 1. The van der Waals surface area contributed by atoms with E-state index in [0.717, 1.165) is 48.2 Å². The number of nitrogens with two attached hydrogens (primary N) is 1. The molecule has 0 radical (unpaired) electrons. The minimum Gasteiger partial charge on any atom is -0.480 e. The molecule has 9 nitrogen and oxygen atoms in total. The number of benzodiazepines with no additional fused rings is 1. The fourth-order valence-electron chi connectivity index (χ4n) is 5.61. The summed E-state index contributed by atoms with van der Waals surface area (Å²) in [4.78, 5) is 44.4. The molecule has 3 aliphatic rings. The second-order valence-corrected chi connectivity index (χ2v) is 9.91. The summed E-state index contributed by atoms with van der Waals surface area (Å²) in [7, 11) is 1.69. The molecule has 0 saturated heterocycles. The van der Waals surface area contributed by atoms with E-state index in [4.69, 9.17) is 10.7 Å². The lowest BCUT2D eigenvalue weighted by molar-refractivity contribution is -0.143. The molecule has 1 heterocycles. The summed E-state index contributed by atoms with van der Waals surface area (Å²) >= 11 is 0. The molecule has 2 atom stereocenters. The molecule has 0 bridgehead atoms. The number of carbonyl (C=O) groups is 3. The van der Waals surface area contributed by atoms with Gasteiger partial charge in [0.15, 0.2) is 0 Å². The number of carboxylic acids is 1. The minimum absolute atomic E-state index is 0.233. The van der Waals surface area contributed by atoms with E-state index in [0.29, 0.717) is 24.1 Å². The van der Waals surface area contributed by atoms with Gasteiger partial charge in [0.25, 0.3) is 5.91 Å². The van der Waals surface area contributed by atoms with Crippen molar-refractivity contribution in [3.63, 3.8) is 0 Å². The molecule has 1 fully saturated rings. The smallest absolute Gasteiger partial charge is 0.328 e. The number of aliphatic carboxylic acids is 1. The van der Waals surface area contributed by atoms with Crippen LogP contribution in [0.15, 0.2) is 47.5 Å². The number of carbonyl (C=O) groups excluding carboxylic acids is 2. The minimum atomic E-state index is -1.48. The van der Waals surface area contributed by atoms with Crippen LogP contribution in [0.4, 0.5) is 16.2 Å². The number of hydrogen-bond donors (Lipinski definition) is 4. The van der Waals surface area contributed by atoms with Crippen molar-refractivity contribution in [3.8, 4) is 0 Å². The van der Waals surface area contributed by atoms with Crippen LogP contribution in [0.2, 0.25) is 0 Å². The summed E-state index contributed by atoms with van der Waals surface area (Å²) in [6.07, 6.45) is 5.22. The molecule has 188 valence electrons. The summed E-state index contributed by atoms with van der Waals surface area (Å²) in [5.41, 5.74) is 8.98. The number of fused-ring (bicyclic) bond motifs is 2. The van der Waals surface area contributed by atoms with Gasteiger partial charge in [-0.05, 0) is 55.0 Å². The Morgan fingerprint density at radius 1 is 1.14 bits per heavy atom. The van der Waals surface area contributed by atoms with E-state index in [1.807, 2.05) is 24.3 Å². The van der Waals surface area contributed by atoms with E-state index in [2.05, 4.69) is 10.6 Å². The Bertz CT molecular complexity index is 1250. The van der Waals surface area contributed by atoms with Crippen molar-refractivity contribution in [3.05, 3.63) is 59.2 Å². The number of nitrogens with zero attached hydrogens (tertiary/aromatic N) is 2. The average Bonchev–Trinajstić information content (AvgIpc) is 3.18. The van der Waals surface area contributed by atoms with Gasteiger partial charge in [-0.15, -0.1) is 0 Å². The van der Waals surface area contributed by atoms with Crippen molar-refractivity contribution in [1.82, 2.24) is 5.32 Å². The van der Waals surface area contributed by atoms with Crippen LogP contribution in [0.3, 0.4) is 0 Å². The van der Waals surface area contributed by atoms with Gasteiger partial charge < -0.3 is 26.4 Å². The van der Waals surface area contributed by atoms with E-state index >= 15 is 0 Å². The molecule has 0 spiro atoms. The third kappa shape index (κ3) is 4.24. The largest absolute Gasteiger partial charge is 0.480 e. The predicted octanol–water partition coefficient (Wildman–Crippen LogP) is 3.37. The molecule has 2 aliphatic carbocycles. The molecule has 5 rings (SSSR count). The van der Waals surface area contributed by atoms with Crippen LogP contribution in [0.25, 0.3) is 0 Å². The Balaban J connectivity index is 1.40. The van der Waals surface area contributed by atoms with E-state index in [9.17, 15) is 19.5 Å². The number of benzene rings is 2.